The van der Waals surface area contributed by atoms with E-state index in [4.69, 9.17) is 9.15 Å². The molecule has 107 valence electrons. The van der Waals surface area contributed by atoms with Gasteiger partial charge in [0.2, 0.25) is 6.23 Å². The van der Waals surface area contributed by atoms with Crippen LogP contribution in [0.2, 0.25) is 0 Å². The Kier molecular flexibility index (Phi) is 2.97. The maximum absolute atomic E-state index is 5.64. The van der Waals surface area contributed by atoms with Crippen LogP contribution < -0.4 is 5.01 Å². The van der Waals surface area contributed by atoms with Crippen molar-refractivity contribution >= 4 is 12.4 Å². The van der Waals surface area contributed by atoms with Crippen molar-refractivity contribution in [1.82, 2.24) is 20.2 Å². The van der Waals surface area contributed by atoms with Crippen molar-refractivity contribution in [3.8, 4) is 11.5 Å². The molecule has 4 heterocycles. The molecule has 22 heavy (non-hydrogen) atoms. The molecule has 1 unspecified atom stereocenters. The first-order valence-electron chi connectivity index (χ1n) is 6.46. The van der Waals surface area contributed by atoms with Crippen LogP contribution in [0.5, 0.6) is 0 Å². The topological polar surface area (TPSA) is 89.5 Å². The molecule has 3 aromatic heterocycles. The van der Waals surface area contributed by atoms with Crippen LogP contribution in [0.1, 0.15) is 11.8 Å². The molecule has 1 atom stereocenters. The fourth-order valence-electron chi connectivity index (χ4n) is 2.01. The molecule has 0 aliphatic carbocycles. The fraction of sp³-hybridized carbons (Fsp3) is 0.0714. The highest BCUT2D eigenvalue weighted by atomic mass is 16.5. The molecule has 4 rings (SSSR count). The molecular formula is C14H9N6O2. The summed E-state index contributed by atoms with van der Waals surface area (Å²) in [4.78, 5) is 8.00. The number of hydrogen-bond acceptors (Lipinski definition) is 8. The number of rotatable bonds is 3. The molecule has 0 spiro atoms. The lowest BCUT2D eigenvalue weighted by atomic mass is 10.2. The second kappa shape index (κ2) is 5.24. The van der Waals surface area contributed by atoms with Gasteiger partial charge in [0.15, 0.2) is 0 Å². The van der Waals surface area contributed by atoms with E-state index < -0.39 is 6.23 Å². The minimum Gasteiger partial charge on any atom is -0.442 e. The summed E-state index contributed by atoms with van der Waals surface area (Å²) in [6, 6.07) is 7.48. The van der Waals surface area contributed by atoms with Crippen LogP contribution in [0.15, 0.2) is 58.6 Å². The molecular weight excluding hydrogens is 284 g/mol. The lowest BCUT2D eigenvalue weighted by Crippen LogP contribution is -2.20. The van der Waals surface area contributed by atoms with Gasteiger partial charge in [0, 0.05) is 30.4 Å². The summed E-state index contributed by atoms with van der Waals surface area (Å²) in [6.45, 7) is 0. The Labute approximate surface area is 125 Å². The van der Waals surface area contributed by atoms with E-state index in [-0.39, 0.29) is 6.01 Å². The van der Waals surface area contributed by atoms with E-state index in [0.717, 1.165) is 11.1 Å². The van der Waals surface area contributed by atoms with Crippen LogP contribution >= 0.6 is 0 Å². The smallest absolute Gasteiger partial charge is 0.343 e. The van der Waals surface area contributed by atoms with Crippen LogP contribution in [0.4, 0.5) is 6.01 Å². The number of pyridine rings is 2. The molecule has 0 amide bonds. The van der Waals surface area contributed by atoms with E-state index in [1.54, 1.807) is 30.9 Å². The van der Waals surface area contributed by atoms with E-state index in [9.17, 15) is 0 Å². The summed E-state index contributed by atoms with van der Waals surface area (Å²) in [6.07, 6.45) is 8.61. The van der Waals surface area contributed by atoms with Gasteiger partial charge in [0.05, 0.1) is 5.56 Å². The third-order valence-corrected chi connectivity index (χ3v) is 3.05. The van der Waals surface area contributed by atoms with Gasteiger partial charge in [0.1, 0.15) is 0 Å². The van der Waals surface area contributed by atoms with Gasteiger partial charge in [-0.1, -0.05) is 5.10 Å². The summed E-state index contributed by atoms with van der Waals surface area (Å²) in [5.74, 6) is 0.360. The van der Waals surface area contributed by atoms with Gasteiger partial charge < -0.3 is 9.15 Å². The molecule has 0 fully saturated rings. The highest BCUT2D eigenvalue weighted by molar-refractivity contribution is 5.56. The zero-order valence-electron chi connectivity index (χ0n) is 11.2. The first kappa shape index (κ1) is 12.5. The largest absolute Gasteiger partial charge is 0.442 e. The molecule has 1 aliphatic heterocycles. The van der Waals surface area contributed by atoms with Crippen molar-refractivity contribution in [2.75, 3.05) is 5.01 Å². The number of ether oxygens (including phenoxy) is 1. The molecule has 8 nitrogen and oxygen atoms in total. The Balaban J connectivity index is 1.64. The maximum atomic E-state index is 5.64. The Morgan fingerprint density at radius 1 is 1.05 bits per heavy atom. The monoisotopic (exact) mass is 293 g/mol. The summed E-state index contributed by atoms with van der Waals surface area (Å²) in [7, 11) is 0. The van der Waals surface area contributed by atoms with Gasteiger partial charge in [-0.05, 0) is 24.3 Å². The highest BCUT2D eigenvalue weighted by Gasteiger charge is 2.30. The van der Waals surface area contributed by atoms with Crippen molar-refractivity contribution in [2.45, 2.75) is 6.23 Å². The minimum atomic E-state index is -0.509. The predicted octanol–water partition coefficient (Wildman–Crippen LogP) is 1.88. The van der Waals surface area contributed by atoms with Gasteiger partial charge in [0.25, 0.3) is 12.3 Å². The number of anilines is 1. The van der Waals surface area contributed by atoms with Crippen molar-refractivity contribution < 1.29 is 9.15 Å². The van der Waals surface area contributed by atoms with Crippen LogP contribution in [-0.2, 0) is 4.74 Å². The average Bonchev–Trinajstić information content (AvgIpc) is 3.25. The number of hydrazone groups is 1. The van der Waals surface area contributed by atoms with Gasteiger partial charge in [-0.2, -0.15) is 5.01 Å². The van der Waals surface area contributed by atoms with Crippen molar-refractivity contribution in [2.24, 2.45) is 5.10 Å². The zero-order valence-corrected chi connectivity index (χ0v) is 11.2. The van der Waals surface area contributed by atoms with Crippen molar-refractivity contribution in [3.63, 3.8) is 0 Å². The Hall–Kier alpha value is -3.29. The summed E-state index contributed by atoms with van der Waals surface area (Å²) < 4.78 is 11.0. The van der Waals surface area contributed by atoms with E-state index in [1.807, 2.05) is 18.2 Å². The highest BCUT2D eigenvalue weighted by Crippen LogP contribution is 2.31. The molecule has 0 saturated heterocycles. The summed E-state index contributed by atoms with van der Waals surface area (Å²) in [5, 5.41) is 13.5. The van der Waals surface area contributed by atoms with E-state index in [0.29, 0.717) is 5.89 Å². The van der Waals surface area contributed by atoms with E-state index in [2.05, 4.69) is 31.7 Å². The average molecular weight is 293 g/mol. The van der Waals surface area contributed by atoms with Crippen molar-refractivity contribution in [3.05, 3.63) is 54.6 Å². The fourth-order valence-corrected chi connectivity index (χ4v) is 2.01. The van der Waals surface area contributed by atoms with Crippen LogP contribution in [-0.4, -0.2) is 26.6 Å². The number of hydrogen-bond donors (Lipinski definition) is 0. The quantitative estimate of drug-likeness (QED) is 0.728. The number of aromatic nitrogens is 4. The van der Waals surface area contributed by atoms with E-state index in [1.165, 1.54) is 5.01 Å². The summed E-state index contributed by atoms with van der Waals surface area (Å²) >= 11 is 0. The van der Waals surface area contributed by atoms with Gasteiger partial charge >= 0.3 is 6.01 Å². The normalized spacial score (nSPS) is 16.7. The lowest BCUT2D eigenvalue weighted by Gasteiger charge is -2.17. The molecule has 1 radical (unpaired) electrons. The molecule has 0 N–H and O–H groups in total. The molecule has 0 aromatic carbocycles. The van der Waals surface area contributed by atoms with Crippen LogP contribution in [0, 0.1) is 0 Å². The zero-order chi connectivity index (χ0) is 14.8. The van der Waals surface area contributed by atoms with Gasteiger partial charge in [-0.3, -0.25) is 9.97 Å². The van der Waals surface area contributed by atoms with Crippen molar-refractivity contribution in [1.29, 1.82) is 0 Å². The number of nitrogens with zero attached hydrogens (tertiary/aromatic N) is 6. The Bertz CT molecular complexity index is 789. The molecule has 3 aromatic rings. The molecule has 8 heteroatoms. The Morgan fingerprint density at radius 3 is 2.77 bits per heavy atom. The molecule has 0 bridgehead atoms. The first-order chi connectivity index (χ1) is 10.9. The predicted molar refractivity (Wildman–Crippen MR) is 75.5 cm³/mol. The van der Waals surface area contributed by atoms with Crippen LogP contribution in [0.25, 0.3) is 11.5 Å². The standard InChI is InChI=1S/C14H9N6O2/c1-2-11(8-16-5-1)12-18-19-14(22-12)20-13(21-9-17-20)10-3-6-15-7-4-10/h1-8,13H. The lowest BCUT2D eigenvalue weighted by molar-refractivity contribution is 0.220. The Morgan fingerprint density at radius 2 is 1.95 bits per heavy atom. The second-order valence-corrected chi connectivity index (χ2v) is 4.42. The van der Waals surface area contributed by atoms with Crippen LogP contribution in [0.3, 0.4) is 0 Å². The van der Waals surface area contributed by atoms with Gasteiger partial charge in [-0.15, -0.1) is 10.2 Å². The third-order valence-electron chi connectivity index (χ3n) is 3.05. The SMILES string of the molecule is [C]1=NN(c2nnc(-c3cccnc3)o2)C(c2ccncc2)O1. The molecule has 0 saturated carbocycles. The minimum absolute atomic E-state index is 0.214. The first-order valence-corrected chi connectivity index (χ1v) is 6.46. The maximum Gasteiger partial charge on any atom is 0.343 e. The van der Waals surface area contributed by atoms with Gasteiger partial charge in [-0.25, -0.2) is 0 Å². The third kappa shape index (κ3) is 2.16. The summed E-state index contributed by atoms with van der Waals surface area (Å²) in [5.41, 5.74) is 1.58. The second-order valence-electron chi connectivity index (χ2n) is 4.42. The molecule has 1 aliphatic rings. The van der Waals surface area contributed by atoms with E-state index >= 15 is 0 Å².